The van der Waals surface area contributed by atoms with Gasteiger partial charge in [-0.05, 0) is 0 Å². The average molecular weight is 141 g/mol. The fraction of sp³-hybridized carbons (Fsp3) is 1.00. The Morgan fingerprint density at radius 1 is 1.86 bits per heavy atom. The third-order valence-corrected chi connectivity index (χ3v) is 1.84. The molecule has 0 bridgehead atoms. The molecule has 1 rings (SSSR count). The standard InChI is InChI=1S/C4H6Cl2O/c5-1-3(6)4-2-7-4/h3-4H,1-2H2/t3-,4-/m0/s1. The van der Waals surface area contributed by atoms with Gasteiger partial charge in [-0.25, -0.2) is 0 Å². The monoisotopic (exact) mass is 140 g/mol. The number of hydrogen-bond acceptors (Lipinski definition) is 1. The highest BCUT2D eigenvalue weighted by Crippen LogP contribution is 2.19. The van der Waals surface area contributed by atoms with E-state index in [9.17, 15) is 0 Å². The summed E-state index contributed by atoms with van der Waals surface area (Å²) in [6.07, 6.45) is 0.249. The van der Waals surface area contributed by atoms with Crippen LogP contribution in [0.3, 0.4) is 0 Å². The second-order valence-corrected chi connectivity index (χ2v) is 2.41. The van der Waals surface area contributed by atoms with Gasteiger partial charge in [-0.1, -0.05) is 0 Å². The van der Waals surface area contributed by atoms with E-state index >= 15 is 0 Å². The highest BCUT2D eigenvalue weighted by Gasteiger charge is 2.30. The first-order chi connectivity index (χ1) is 3.34. The van der Waals surface area contributed by atoms with Gasteiger partial charge in [-0.15, -0.1) is 23.2 Å². The molecule has 7 heavy (non-hydrogen) atoms. The van der Waals surface area contributed by atoms with Gasteiger partial charge in [0.15, 0.2) is 0 Å². The molecule has 1 aliphatic heterocycles. The van der Waals surface area contributed by atoms with Crippen molar-refractivity contribution in [3.05, 3.63) is 0 Å². The molecule has 0 saturated carbocycles. The predicted octanol–water partition coefficient (Wildman–Crippen LogP) is 1.23. The normalized spacial score (nSPS) is 32.6. The van der Waals surface area contributed by atoms with Crippen molar-refractivity contribution in [1.29, 1.82) is 0 Å². The molecule has 0 aromatic heterocycles. The van der Waals surface area contributed by atoms with Crippen LogP contribution in [0, 0.1) is 0 Å². The van der Waals surface area contributed by atoms with Crippen molar-refractivity contribution in [3.63, 3.8) is 0 Å². The van der Waals surface area contributed by atoms with Crippen molar-refractivity contribution in [3.8, 4) is 0 Å². The molecule has 1 nitrogen and oxygen atoms in total. The van der Waals surface area contributed by atoms with E-state index in [1.165, 1.54) is 0 Å². The van der Waals surface area contributed by atoms with E-state index in [0.717, 1.165) is 6.61 Å². The SMILES string of the molecule is ClC[C@H](Cl)[C@@H]1CO1. The average Bonchev–Trinajstić information content (AvgIpc) is 2.44. The smallest absolute Gasteiger partial charge is 0.0984 e. The molecule has 1 aliphatic rings. The Morgan fingerprint density at radius 3 is 2.57 bits per heavy atom. The fourth-order valence-electron chi connectivity index (χ4n) is 0.364. The van der Waals surface area contributed by atoms with Gasteiger partial charge in [0.25, 0.3) is 0 Å². The zero-order valence-corrected chi connectivity index (χ0v) is 5.24. The molecule has 1 heterocycles. The summed E-state index contributed by atoms with van der Waals surface area (Å²) >= 11 is 11.0. The van der Waals surface area contributed by atoms with E-state index in [2.05, 4.69) is 0 Å². The predicted molar refractivity (Wildman–Crippen MR) is 30.1 cm³/mol. The maximum atomic E-state index is 5.61. The van der Waals surface area contributed by atoms with Crippen LogP contribution in [-0.2, 0) is 4.74 Å². The summed E-state index contributed by atoms with van der Waals surface area (Å²) in [4.78, 5) is 0. The van der Waals surface area contributed by atoms with Crippen LogP contribution in [0.25, 0.3) is 0 Å². The zero-order valence-electron chi connectivity index (χ0n) is 3.73. The van der Waals surface area contributed by atoms with Crippen LogP contribution in [0.15, 0.2) is 0 Å². The largest absolute Gasteiger partial charge is 0.371 e. The molecule has 0 aliphatic carbocycles. The molecular formula is C4H6Cl2O. The minimum Gasteiger partial charge on any atom is -0.371 e. The molecule has 0 amide bonds. The third kappa shape index (κ3) is 1.48. The molecule has 1 saturated heterocycles. The van der Waals surface area contributed by atoms with Crippen LogP contribution in [0.1, 0.15) is 0 Å². The minimum absolute atomic E-state index is 0.0293. The lowest BCUT2D eigenvalue weighted by Crippen LogP contribution is -2.07. The van der Waals surface area contributed by atoms with E-state index in [1.54, 1.807) is 0 Å². The lowest BCUT2D eigenvalue weighted by molar-refractivity contribution is 0.406. The molecule has 2 atom stereocenters. The Bertz CT molecular complexity index is 62.7. The maximum absolute atomic E-state index is 5.61. The topological polar surface area (TPSA) is 12.5 Å². The van der Waals surface area contributed by atoms with E-state index < -0.39 is 0 Å². The molecule has 3 heteroatoms. The first-order valence-electron chi connectivity index (χ1n) is 2.16. The molecule has 0 radical (unpaired) electrons. The number of alkyl halides is 2. The van der Waals surface area contributed by atoms with Gasteiger partial charge in [0.1, 0.15) is 0 Å². The first kappa shape index (κ1) is 5.67. The van der Waals surface area contributed by atoms with Crippen LogP contribution < -0.4 is 0 Å². The van der Waals surface area contributed by atoms with E-state index in [0.29, 0.717) is 5.88 Å². The third-order valence-electron chi connectivity index (χ3n) is 0.910. The van der Waals surface area contributed by atoms with Gasteiger partial charge in [-0.2, -0.15) is 0 Å². The van der Waals surface area contributed by atoms with Gasteiger partial charge < -0.3 is 4.74 Å². The summed E-state index contributed by atoms with van der Waals surface area (Å²) in [5.41, 5.74) is 0. The fourth-order valence-corrected chi connectivity index (χ4v) is 0.708. The van der Waals surface area contributed by atoms with Gasteiger partial charge >= 0.3 is 0 Å². The van der Waals surface area contributed by atoms with E-state index in [1.807, 2.05) is 0 Å². The lowest BCUT2D eigenvalue weighted by atomic mass is 10.4. The van der Waals surface area contributed by atoms with Crippen molar-refractivity contribution < 1.29 is 4.74 Å². The highest BCUT2D eigenvalue weighted by atomic mass is 35.5. The second-order valence-electron chi connectivity index (χ2n) is 1.54. The summed E-state index contributed by atoms with van der Waals surface area (Å²) in [6, 6.07) is 0. The molecule has 0 N–H and O–H groups in total. The summed E-state index contributed by atoms with van der Waals surface area (Å²) in [7, 11) is 0. The van der Waals surface area contributed by atoms with Gasteiger partial charge in [-0.3, -0.25) is 0 Å². The Hall–Kier alpha value is 0.540. The van der Waals surface area contributed by atoms with E-state index in [4.69, 9.17) is 27.9 Å². The quantitative estimate of drug-likeness (QED) is 0.416. The van der Waals surface area contributed by atoms with Crippen molar-refractivity contribution >= 4 is 23.2 Å². The molecule has 42 valence electrons. The minimum atomic E-state index is 0.0293. The number of hydrogen-bond donors (Lipinski definition) is 0. The molecule has 0 aromatic carbocycles. The summed E-state index contributed by atoms with van der Waals surface area (Å²) < 4.78 is 4.84. The van der Waals surface area contributed by atoms with Crippen LogP contribution in [-0.4, -0.2) is 24.0 Å². The van der Waals surface area contributed by atoms with Gasteiger partial charge in [0.2, 0.25) is 0 Å². The van der Waals surface area contributed by atoms with Gasteiger partial charge in [0, 0.05) is 5.88 Å². The van der Waals surface area contributed by atoms with Crippen LogP contribution >= 0.6 is 23.2 Å². The summed E-state index contributed by atoms with van der Waals surface area (Å²) in [6.45, 7) is 0.793. The number of epoxide rings is 1. The molecule has 1 fully saturated rings. The number of ether oxygens (including phenoxy) is 1. The lowest BCUT2D eigenvalue weighted by Gasteiger charge is -1.94. The summed E-state index contributed by atoms with van der Waals surface area (Å²) in [5.74, 6) is 0.492. The van der Waals surface area contributed by atoms with Crippen molar-refractivity contribution in [2.75, 3.05) is 12.5 Å². The summed E-state index contributed by atoms with van der Waals surface area (Å²) in [5, 5.41) is 0.0293. The molecular weight excluding hydrogens is 135 g/mol. The highest BCUT2D eigenvalue weighted by molar-refractivity contribution is 6.28. The van der Waals surface area contributed by atoms with Crippen LogP contribution in [0.4, 0.5) is 0 Å². The number of halogens is 2. The maximum Gasteiger partial charge on any atom is 0.0984 e. The van der Waals surface area contributed by atoms with Crippen molar-refractivity contribution in [2.45, 2.75) is 11.5 Å². The van der Waals surface area contributed by atoms with Crippen molar-refractivity contribution in [1.82, 2.24) is 0 Å². The Balaban J connectivity index is 2.10. The van der Waals surface area contributed by atoms with Crippen molar-refractivity contribution in [2.24, 2.45) is 0 Å². The van der Waals surface area contributed by atoms with Gasteiger partial charge in [0.05, 0.1) is 18.1 Å². The second kappa shape index (κ2) is 2.21. The van der Waals surface area contributed by atoms with Crippen LogP contribution in [0.2, 0.25) is 0 Å². The molecule has 0 unspecified atom stereocenters. The molecule has 0 spiro atoms. The first-order valence-corrected chi connectivity index (χ1v) is 3.13. The van der Waals surface area contributed by atoms with E-state index in [-0.39, 0.29) is 11.5 Å². The molecule has 0 aromatic rings. The Kier molecular flexibility index (Phi) is 1.79. The Labute approximate surface area is 52.5 Å². The van der Waals surface area contributed by atoms with Crippen LogP contribution in [0.5, 0.6) is 0 Å². The Morgan fingerprint density at radius 2 is 2.43 bits per heavy atom. The zero-order chi connectivity index (χ0) is 5.28. The number of rotatable bonds is 2.